The van der Waals surface area contributed by atoms with Crippen molar-refractivity contribution >= 4 is 38.2 Å². The van der Waals surface area contributed by atoms with Crippen molar-refractivity contribution in [2.24, 2.45) is 0 Å². The number of sulfone groups is 1. The van der Waals surface area contributed by atoms with Crippen LogP contribution in [0.15, 0.2) is 41.3 Å². The lowest BCUT2D eigenvalue weighted by Crippen LogP contribution is -1.97. The summed E-state index contributed by atoms with van der Waals surface area (Å²) in [6, 6.07) is 10.1. The van der Waals surface area contributed by atoms with E-state index < -0.39 is 9.84 Å². The summed E-state index contributed by atoms with van der Waals surface area (Å²) < 4.78 is 23.6. The van der Waals surface area contributed by atoms with E-state index in [1.807, 2.05) is 0 Å². The van der Waals surface area contributed by atoms with Crippen LogP contribution in [-0.4, -0.2) is 24.6 Å². The van der Waals surface area contributed by atoms with Gasteiger partial charge in [0.2, 0.25) is 0 Å². The number of H-pyrrole nitrogens is 1. The zero-order valence-electron chi connectivity index (χ0n) is 11.1. The van der Waals surface area contributed by atoms with Crippen molar-refractivity contribution in [3.8, 4) is 11.4 Å². The monoisotopic (exact) mass is 321 g/mol. The molecule has 0 aliphatic heterocycles. The van der Waals surface area contributed by atoms with E-state index in [0.29, 0.717) is 27.6 Å². The average Bonchev–Trinajstić information content (AvgIpc) is 2.84. The topological polar surface area (TPSA) is 88.8 Å². The van der Waals surface area contributed by atoms with Crippen molar-refractivity contribution in [1.82, 2.24) is 9.97 Å². The summed E-state index contributed by atoms with van der Waals surface area (Å²) in [4.78, 5) is 7.68. The van der Waals surface area contributed by atoms with Crippen molar-refractivity contribution in [2.45, 2.75) is 4.90 Å². The predicted molar refractivity (Wildman–Crippen MR) is 84.1 cm³/mol. The number of hydrogen-bond donors (Lipinski definition) is 2. The molecule has 0 aliphatic carbocycles. The first-order chi connectivity index (χ1) is 9.86. The number of benzene rings is 2. The molecule has 3 aromatic rings. The van der Waals surface area contributed by atoms with Crippen LogP contribution >= 0.6 is 11.6 Å². The fourth-order valence-electron chi connectivity index (χ4n) is 2.13. The number of nitrogens with one attached hydrogen (secondary N) is 1. The second-order valence-electron chi connectivity index (χ2n) is 4.75. The molecule has 3 rings (SSSR count). The molecule has 3 N–H and O–H groups in total. The third-order valence-corrected chi connectivity index (χ3v) is 4.62. The number of para-hydroxylation sites is 1. The molecule has 0 unspecified atom stereocenters. The highest BCUT2D eigenvalue weighted by molar-refractivity contribution is 7.91. The summed E-state index contributed by atoms with van der Waals surface area (Å²) in [7, 11) is -3.34. The minimum Gasteiger partial charge on any atom is -0.398 e. The maximum atomic E-state index is 11.8. The Kier molecular flexibility index (Phi) is 3.15. The number of aromatic nitrogens is 2. The smallest absolute Gasteiger partial charge is 0.177 e. The van der Waals surface area contributed by atoms with Crippen LogP contribution < -0.4 is 5.73 Å². The predicted octanol–water partition coefficient (Wildman–Crippen LogP) is 2.87. The maximum Gasteiger partial charge on any atom is 0.177 e. The van der Waals surface area contributed by atoms with E-state index in [4.69, 9.17) is 17.3 Å². The van der Waals surface area contributed by atoms with Crippen LogP contribution in [-0.2, 0) is 9.84 Å². The highest BCUT2D eigenvalue weighted by Crippen LogP contribution is 2.28. The van der Waals surface area contributed by atoms with Gasteiger partial charge >= 0.3 is 0 Å². The first-order valence-corrected chi connectivity index (χ1v) is 8.37. The summed E-state index contributed by atoms with van der Waals surface area (Å²) >= 11 is 5.90. The molecule has 0 aliphatic rings. The molecule has 0 radical (unpaired) electrons. The van der Waals surface area contributed by atoms with E-state index >= 15 is 0 Å². The lowest BCUT2D eigenvalue weighted by molar-refractivity contribution is 0.602. The highest BCUT2D eigenvalue weighted by atomic mass is 35.5. The van der Waals surface area contributed by atoms with Gasteiger partial charge in [-0.05, 0) is 30.3 Å². The quantitative estimate of drug-likeness (QED) is 0.710. The van der Waals surface area contributed by atoms with Gasteiger partial charge in [-0.2, -0.15) is 0 Å². The minimum absolute atomic E-state index is 0.199. The fourth-order valence-corrected chi connectivity index (χ4v) is 3.08. The first kappa shape index (κ1) is 13.9. The molecule has 1 aromatic heterocycles. The van der Waals surface area contributed by atoms with Crippen molar-refractivity contribution in [1.29, 1.82) is 0 Å². The Morgan fingerprint density at radius 3 is 2.67 bits per heavy atom. The van der Waals surface area contributed by atoms with Gasteiger partial charge in [-0.1, -0.05) is 17.7 Å². The minimum atomic E-state index is -3.34. The first-order valence-electron chi connectivity index (χ1n) is 6.10. The van der Waals surface area contributed by atoms with Gasteiger partial charge in [0.1, 0.15) is 11.3 Å². The molecule has 2 aromatic carbocycles. The average molecular weight is 322 g/mol. The van der Waals surface area contributed by atoms with Gasteiger partial charge in [0, 0.05) is 11.8 Å². The van der Waals surface area contributed by atoms with Gasteiger partial charge in [0.15, 0.2) is 9.84 Å². The fraction of sp³-hybridized carbons (Fsp3) is 0.0714. The zero-order chi connectivity index (χ0) is 15.2. The Hall–Kier alpha value is -2.05. The summed E-state index contributed by atoms with van der Waals surface area (Å²) in [5.74, 6) is 0.546. The second kappa shape index (κ2) is 4.75. The lowest BCUT2D eigenvalue weighted by atomic mass is 10.2. The number of nitrogens with zero attached hydrogens (tertiary/aromatic N) is 1. The number of nitrogens with two attached hydrogens (primary N) is 1. The standard InChI is InChI=1S/C14H12ClN3O2S/c1-21(19,20)12-4-2-3-11-13(12)18-14(17-11)8-5-6-9(15)10(16)7-8/h2-7H,16H2,1H3,(H,17,18). The Bertz CT molecular complexity index is 948. The van der Waals surface area contributed by atoms with E-state index in [1.54, 1.807) is 36.4 Å². The molecule has 5 nitrogen and oxygen atoms in total. The van der Waals surface area contributed by atoms with Gasteiger partial charge in [0.25, 0.3) is 0 Å². The highest BCUT2D eigenvalue weighted by Gasteiger charge is 2.15. The normalized spacial score (nSPS) is 11.9. The van der Waals surface area contributed by atoms with Crippen LogP contribution in [0.4, 0.5) is 5.69 Å². The van der Waals surface area contributed by atoms with E-state index in [2.05, 4.69) is 9.97 Å². The number of nitrogen functional groups attached to an aromatic ring is 1. The Morgan fingerprint density at radius 2 is 2.00 bits per heavy atom. The van der Waals surface area contributed by atoms with E-state index in [0.717, 1.165) is 11.8 Å². The summed E-state index contributed by atoms with van der Waals surface area (Å²) in [5, 5.41) is 0.465. The van der Waals surface area contributed by atoms with Crippen LogP contribution in [0.2, 0.25) is 5.02 Å². The summed E-state index contributed by atoms with van der Waals surface area (Å²) in [5.41, 5.74) is 8.04. The largest absolute Gasteiger partial charge is 0.398 e. The number of aromatic amines is 1. The van der Waals surface area contributed by atoms with Crippen molar-refractivity contribution in [3.63, 3.8) is 0 Å². The molecule has 21 heavy (non-hydrogen) atoms. The van der Waals surface area contributed by atoms with E-state index in [1.165, 1.54) is 0 Å². The van der Waals surface area contributed by atoms with Crippen molar-refractivity contribution in [3.05, 3.63) is 41.4 Å². The number of halogens is 1. The van der Waals surface area contributed by atoms with Crippen molar-refractivity contribution in [2.75, 3.05) is 12.0 Å². The molecule has 7 heteroatoms. The number of hydrogen-bond acceptors (Lipinski definition) is 4. The third kappa shape index (κ3) is 2.48. The molecule has 1 heterocycles. The lowest BCUT2D eigenvalue weighted by Gasteiger charge is -2.00. The molecule has 0 spiro atoms. The van der Waals surface area contributed by atoms with Gasteiger partial charge in [-0.25, -0.2) is 13.4 Å². The Morgan fingerprint density at radius 1 is 1.24 bits per heavy atom. The van der Waals surface area contributed by atoms with E-state index in [-0.39, 0.29) is 4.90 Å². The van der Waals surface area contributed by atoms with Crippen LogP contribution in [0.1, 0.15) is 0 Å². The maximum absolute atomic E-state index is 11.8. The van der Waals surface area contributed by atoms with E-state index in [9.17, 15) is 8.42 Å². The number of imidazole rings is 1. The number of anilines is 1. The molecule has 0 atom stereocenters. The van der Waals surface area contributed by atoms with Crippen LogP contribution in [0.5, 0.6) is 0 Å². The van der Waals surface area contributed by atoms with Gasteiger partial charge in [-0.15, -0.1) is 0 Å². The molecule has 0 amide bonds. The van der Waals surface area contributed by atoms with Crippen molar-refractivity contribution < 1.29 is 8.42 Å². The van der Waals surface area contributed by atoms with Crippen LogP contribution in [0, 0.1) is 0 Å². The molecular formula is C14H12ClN3O2S. The Balaban J connectivity index is 2.24. The molecule has 108 valence electrons. The van der Waals surface area contributed by atoms with Gasteiger partial charge in [0.05, 0.1) is 21.1 Å². The molecule has 0 saturated heterocycles. The SMILES string of the molecule is CS(=O)(=O)c1cccc2[nH]c(-c3ccc(Cl)c(N)c3)nc12. The number of fused-ring (bicyclic) bond motifs is 1. The molecule has 0 fully saturated rings. The Labute approximate surface area is 126 Å². The molecule has 0 bridgehead atoms. The van der Waals surface area contributed by atoms with Gasteiger partial charge in [-0.3, -0.25) is 0 Å². The molecule has 0 saturated carbocycles. The summed E-state index contributed by atoms with van der Waals surface area (Å²) in [6.07, 6.45) is 1.16. The summed E-state index contributed by atoms with van der Waals surface area (Å²) in [6.45, 7) is 0. The van der Waals surface area contributed by atoms with Crippen LogP contribution in [0.3, 0.4) is 0 Å². The molecular weight excluding hydrogens is 310 g/mol. The van der Waals surface area contributed by atoms with Gasteiger partial charge < -0.3 is 10.7 Å². The van der Waals surface area contributed by atoms with Crippen LogP contribution in [0.25, 0.3) is 22.4 Å². The third-order valence-electron chi connectivity index (χ3n) is 3.14. The zero-order valence-corrected chi connectivity index (χ0v) is 12.7. The second-order valence-corrected chi connectivity index (χ2v) is 7.14. The number of rotatable bonds is 2.